The van der Waals surface area contributed by atoms with Gasteiger partial charge >= 0.3 is 11.6 Å². The molecule has 0 amide bonds. The maximum atomic E-state index is 11.9. The van der Waals surface area contributed by atoms with E-state index in [4.69, 9.17) is 18.6 Å². The van der Waals surface area contributed by atoms with Crippen molar-refractivity contribution < 1.29 is 23.4 Å². The zero-order valence-electron chi connectivity index (χ0n) is 12.9. The van der Waals surface area contributed by atoms with Crippen molar-refractivity contribution >= 4 is 16.9 Å². The second-order valence-corrected chi connectivity index (χ2v) is 4.87. The lowest BCUT2D eigenvalue weighted by Crippen LogP contribution is -2.18. The molecule has 1 aromatic heterocycles. The van der Waals surface area contributed by atoms with Crippen molar-refractivity contribution in [3.8, 4) is 17.2 Å². The summed E-state index contributed by atoms with van der Waals surface area (Å²) >= 11 is 0. The van der Waals surface area contributed by atoms with E-state index in [1.165, 1.54) is 13.2 Å². The highest BCUT2D eigenvalue weighted by atomic mass is 16.6. The molecule has 0 aliphatic heterocycles. The molecule has 0 saturated heterocycles. The van der Waals surface area contributed by atoms with Crippen LogP contribution in [-0.4, -0.2) is 19.7 Å². The number of carbonyl (C=O) groups excluding carboxylic acids is 1. The Balaban J connectivity index is 1.67. The first kappa shape index (κ1) is 15.6. The Kier molecular flexibility index (Phi) is 4.47. The van der Waals surface area contributed by atoms with Crippen molar-refractivity contribution in [1.82, 2.24) is 0 Å². The van der Waals surface area contributed by atoms with Gasteiger partial charge in [-0.3, -0.25) is 0 Å². The van der Waals surface area contributed by atoms with E-state index >= 15 is 0 Å². The first-order valence-corrected chi connectivity index (χ1v) is 7.16. The van der Waals surface area contributed by atoms with Gasteiger partial charge in [0.2, 0.25) is 0 Å². The summed E-state index contributed by atoms with van der Waals surface area (Å²) in [6, 6.07) is 14.8. The fraction of sp³-hybridized carbons (Fsp3) is 0.111. The summed E-state index contributed by atoms with van der Waals surface area (Å²) in [6.45, 7) is -0.291. The Morgan fingerprint density at radius 1 is 1.04 bits per heavy atom. The monoisotopic (exact) mass is 326 g/mol. The maximum absolute atomic E-state index is 11.9. The number of ether oxygens (including phenoxy) is 3. The molecule has 6 heteroatoms. The van der Waals surface area contributed by atoms with Crippen LogP contribution in [0.5, 0.6) is 17.2 Å². The number of methoxy groups -OCH3 is 1. The van der Waals surface area contributed by atoms with Crippen LogP contribution < -0.4 is 19.8 Å². The largest absolute Gasteiger partial charge is 0.493 e. The Morgan fingerprint density at radius 3 is 2.58 bits per heavy atom. The molecule has 0 saturated carbocycles. The Labute approximate surface area is 137 Å². The molecule has 0 radical (unpaired) electrons. The van der Waals surface area contributed by atoms with Crippen LogP contribution in [0.4, 0.5) is 0 Å². The summed E-state index contributed by atoms with van der Waals surface area (Å²) in [6.07, 6.45) is 0. The second-order valence-electron chi connectivity index (χ2n) is 4.87. The number of esters is 1. The number of benzene rings is 2. The smallest absolute Gasteiger partial charge is 0.349 e. The van der Waals surface area contributed by atoms with E-state index in [0.717, 1.165) is 5.39 Å². The molecule has 2 aromatic carbocycles. The van der Waals surface area contributed by atoms with Crippen molar-refractivity contribution in [2.75, 3.05) is 13.7 Å². The van der Waals surface area contributed by atoms with Crippen LogP contribution in [-0.2, 0) is 4.79 Å². The summed E-state index contributed by atoms with van der Waals surface area (Å²) < 4.78 is 20.8. The summed E-state index contributed by atoms with van der Waals surface area (Å²) in [5.41, 5.74) is -0.0617. The minimum atomic E-state index is -0.575. The number of hydrogen-bond donors (Lipinski definition) is 0. The molecule has 0 aliphatic carbocycles. The molecule has 3 aromatic rings. The summed E-state index contributed by atoms with van der Waals surface area (Å²) in [4.78, 5) is 23.1. The van der Waals surface area contributed by atoms with E-state index in [1.807, 2.05) is 0 Å². The topological polar surface area (TPSA) is 75.0 Å². The first-order chi connectivity index (χ1) is 11.7. The van der Waals surface area contributed by atoms with E-state index in [0.29, 0.717) is 22.8 Å². The molecular formula is C18H14O6. The molecule has 0 spiro atoms. The van der Waals surface area contributed by atoms with Crippen molar-refractivity contribution in [2.45, 2.75) is 0 Å². The molecule has 3 rings (SSSR count). The van der Waals surface area contributed by atoms with Crippen molar-refractivity contribution in [3.63, 3.8) is 0 Å². The molecule has 1 heterocycles. The lowest BCUT2D eigenvalue weighted by molar-refractivity contribution is -0.136. The molecule has 0 aliphatic rings. The van der Waals surface area contributed by atoms with Crippen LogP contribution in [0.2, 0.25) is 0 Å². The fourth-order valence-corrected chi connectivity index (χ4v) is 2.13. The minimum absolute atomic E-state index is 0.291. The molecule has 0 N–H and O–H groups in total. The molecule has 0 atom stereocenters. The zero-order valence-corrected chi connectivity index (χ0v) is 12.9. The Hall–Kier alpha value is -3.28. The van der Waals surface area contributed by atoms with E-state index in [-0.39, 0.29) is 6.61 Å². The van der Waals surface area contributed by atoms with Gasteiger partial charge in [-0.1, -0.05) is 12.1 Å². The number of carbonyl (C=O) groups is 1. The van der Waals surface area contributed by atoms with Gasteiger partial charge in [-0.2, -0.15) is 0 Å². The number of rotatable bonds is 5. The molecule has 122 valence electrons. The third-order valence-electron chi connectivity index (χ3n) is 3.24. The van der Waals surface area contributed by atoms with Gasteiger partial charge in [-0.25, -0.2) is 9.59 Å². The predicted octanol–water partition coefficient (Wildman–Crippen LogP) is 2.79. The standard InChI is InChI=1S/C18H14O6/c1-21-14-4-2-3-5-15(14)23-18(20)11-22-13-8-6-12-7-9-17(19)24-16(12)10-13/h2-10H,11H2,1H3. The van der Waals surface area contributed by atoms with E-state index in [2.05, 4.69) is 0 Å². The Morgan fingerprint density at radius 2 is 1.79 bits per heavy atom. The third-order valence-corrected chi connectivity index (χ3v) is 3.24. The lowest BCUT2D eigenvalue weighted by atomic mass is 10.2. The first-order valence-electron chi connectivity index (χ1n) is 7.16. The maximum Gasteiger partial charge on any atom is 0.349 e. The van der Waals surface area contributed by atoms with Crippen LogP contribution in [0.3, 0.4) is 0 Å². The van der Waals surface area contributed by atoms with Gasteiger partial charge in [-0.15, -0.1) is 0 Å². The molecule has 0 fully saturated rings. The molecule has 0 unspecified atom stereocenters. The average Bonchev–Trinajstić information content (AvgIpc) is 2.60. The molecular weight excluding hydrogens is 312 g/mol. The third kappa shape index (κ3) is 3.55. The van der Waals surface area contributed by atoms with Crippen LogP contribution in [0, 0.1) is 0 Å². The van der Waals surface area contributed by atoms with Gasteiger partial charge in [0.05, 0.1) is 7.11 Å². The van der Waals surface area contributed by atoms with Crippen LogP contribution >= 0.6 is 0 Å². The van der Waals surface area contributed by atoms with Gasteiger partial charge < -0.3 is 18.6 Å². The van der Waals surface area contributed by atoms with E-state index in [9.17, 15) is 9.59 Å². The van der Waals surface area contributed by atoms with Gasteiger partial charge in [0.1, 0.15) is 11.3 Å². The summed E-state index contributed by atoms with van der Waals surface area (Å²) in [5, 5.41) is 0.763. The number of fused-ring (bicyclic) bond motifs is 1. The molecule has 0 bridgehead atoms. The molecule has 24 heavy (non-hydrogen) atoms. The zero-order chi connectivity index (χ0) is 16.9. The minimum Gasteiger partial charge on any atom is -0.493 e. The fourth-order valence-electron chi connectivity index (χ4n) is 2.13. The SMILES string of the molecule is COc1ccccc1OC(=O)COc1ccc2ccc(=O)oc2c1. The van der Waals surface area contributed by atoms with E-state index in [1.54, 1.807) is 48.5 Å². The van der Waals surface area contributed by atoms with Crippen LogP contribution in [0.15, 0.2) is 63.8 Å². The van der Waals surface area contributed by atoms with Crippen molar-refractivity contribution in [1.29, 1.82) is 0 Å². The van der Waals surface area contributed by atoms with Crippen LogP contribution in [0.25, 0.3) is 11.0 Å². The summed E-state index contributed by atoms with van der Waals surface area (Å²) in [5.74, 6) is 0.597. The van der Waals surface area contributed by atoms with Crippen LogP contribution in [0.1, 0.15) is 0 Å². The lowest BCUT2D eigenvalue weighted by Gasteiger charge is -2.09. The normalized spacial score (nSPS) is 10.4. The molecule has 6 nitrogen and oxygen atoms in total. The van der Waals surface area contributed by atoms with Crippen molar-refractivity contribution in [2.24, 2.45) is 0 Å². The van der Waals surface area contributed by atoms with Gasteiger partial charge in [0.15, 0.2) is 18.1 Å². The second kappa shape index (κ2) is 6.87. The quantitative estimate of drug-likeness (QED) is 0.408. The number of para-hydroxylation sites is 2. The highest BCUT2D eigenvalue weighted by molar-refractivity contribution is 5.78. The number of hydrogen-bond acceptors (Lipinski definition) is 6. The summed E-state index contributed by atoms with van der Waals surface area (Å²) in [7, 11) is 1.49. The van der Waals surface area contributed by atoms with Gasteiger partial charge in [0.25, 0.3) is 0 Å². The van der Waals surface area contributed by atoms with Gasteiger partial charge in [-0.05, 0) is 30.3 Å². The van der Waals surface area contributed by atoms with E-state index < -0.39 is 11.6 Å². The van der Waals surface area contributed by atoms with Gasteiger partial charge in [0, 0.05) is 17.5 Å². The highest BCUT2D eigenvalue weighted by Gasteiger charge is 2.10. The highest BCUT2D eigenvalue weighted by Crippen LogP contribution is 2.26. The average molecular weight is 326 g/mol. The Bertz CT molecular complexity index is 928. The van der Waals surface area contributed by atoms with Crippen molar-refractivity contribution in [3.05, 3.63) is 65.0 Å². The predicted molar refractivity (Wildman–Crippen MR) is 86.6 cm³/mol.